The molecule has 0 aromatic rings. The molecule has 3 atom stereocenters. The molecule has 2 fully saturated rings. The van der Waals surface area contributed by atoms with Crippen LogP contribution >= 0.6 is 0 Å². The Morgan fingerprint density at radius 3 is 2.82 bits per heavy atom. The van der Waals surface area contributed by atoms with Crippen molar-refractivity contribution >= 4 is 0 Å². The number of aliphatic hydroxyl groups is 1. The number of hydrogen-bond acceptors (Lipinski definition) is 2. The van der Waals surface area contributed by atoms with Crippen LogP contribution in [-0.2, 0) is 4.74 Å². The Hall–Kier alpha value is -0.600. The third-order valence-corrected chi connectivity index (χ3v) is 4.41. The van der Waals surface area contributed by atoms with E-state index in [1.54, 1.807) is 6.08 Å². The summed E-state index contributed by atoms with van der Waals surface area (Å²) in [6.07, 6.45) is 12.2. The second-order valence-electron chi connectivity index (χ2n) is 5.54. The van der Waals surface area contributed by atoms with Crippen molar-refractivity contribution in [2.45, 2.75) is 62.8 Å². The van der Waals surface area contributed by atoms with Crippen molar-refractivity contribution < 1.29 is 9.84 Å². The molecule has 1 heterocycles. The molecule has 2 aliphatic rings. The normalized spacial score (nSPS) is 41.6. The first-order chi connectivity index (χ1) is 8.14. The second kappa shape index (κ2) is 4.95. The van der Waals surface area contributed by atoms with Gasteiger partial charge >= 0.3 is 0 Å². The van der Waals surface area contributed by atoms with E-state index in [1.165, 1.54) is 25.7 Å². The topological polar surface area (TPSA) is 29.5 Å². The lowest BCUT2D eigenvalue weighted by Gasteiger charge is -2.34. The molecule has 17 heavy (non-hydrogen) atoms. The van der Waals surface area contributed by atoms with Crippen LogP contribution in [0, 0.1) is 5.92 Å². The Kier molecular flexibility index (Phi) is 3.74. The fourth-order valence-electron chi connectivity index (χ4n) is 3.48. The van der Waals surface area contributed by atoms with Gasteiger partial charge in [-0.3, -0.25) is 0 Å². The molecule has 0 aromatic carbocycles. The summed E-state index contributed by atoms with van der Waals surface area (Å²) in [6.45, 7) is 7.51. The third kappa shape index (κ3) is 2.48. The second-order valence-corrected chi connectivity index (χ2v) is 5.54. The highest BCUT2D eigenvalue weighted by Gasteiger charge is 2.53. The van der Waals surface area contributed by atoms with Gasteiger partial charge in [-0.1, -0.05) is 31.9 Å². The standard InChI is InChI=1S/C15H24O2/c1-3-5-10-14-11-8-6-7-9-13(14)12-15(16,4-2)17-14/h3-4,13,16H,1-2,5-12H2/t13-,14-,15?/m0/s1. The molecular weight excluding hydrogens is 212 g/mol. The highest BCUT2D eigenvalue weighted by molar-refractivity contribution is 5.05. The molecule has 1 N–H and O–H groups in total. The summed E-state index contributed by atoms with van der Waals surface area (Å²) >= 11 is 0. The summed E-state index contributed by atoms with van der Waals surface area (Å²) in [6, 6.07) is 0. The number of rotatable bonds is 4. The van der Waals surface area contributed by atoms with Gasteiger partial charge in [-0.25, -0.2) is 0 Å². The van der Waals surface area contributed by atoms with E-state index in [-0.39, 0.29) is 5.60 Å². The van der Waals surface area contributed by atoms with E-state index in [9.17, 15) is 5.11 Å². The lowest BCUT2D eigenvalue weighted by Crippen LogP contribution is -2.37. The fourth-order valence-corrected chi connectivity index (χ4v) is 3.48. The third-order valence-electron chi connectivity index (χ3n) is 4.41. The Bertz CT molecular complexity index is 299. The average Bonchev–Trinajstić information content (AvgIpc) is 2.48. The average molecular weight is 236 g/mol. The van der Waals surface area contributed by atoms with E-state index in [0.29, 0.717) is 12.3 Å². The minimum absolute atomic E-state index is 0.131. The van der Waals surface area contributed by atoms with E-state index in [2.05, 4.69) is 13.2 Å². The smallest absolute Gasteiger partial charge is 0.185 e. The molecule has 2 nitrogen and oxygen atoms in total. The van der Waals surface area contributed by atoms with Crippen molar-refractivity contribution in [2.75, 3.05) is 0 Å². The Morgan fingerprint density at radius 1 is 1.29 bits per heavy atom. The van der Waals surface area contributed by atoms with Crippen molar-refractivity contribution in [3.8, 4) is 0 Å². The van der Waals surface area contributed by atoms with Crippen molar-refractivity contribution in [2.24, 2.45) is 5.92 Å². The lowest BCUT2D eigenvalue weighted by molar-refractivity contribution is -0.198. The molecule has 2 heteroatoms. The molecular formula is C15H24O2. The fraction of sp³-hybridized carbons (Fsp3) is 0.733. The first-order valence-electron chi connectivity index (χ1n) is 6.81. The van der Waals surface area contributed by atoms with Crippen LogP contribution in [0.4, 0.5) is 0 Å². The first-order valence-corrected chi connectivity index (χ1v) is 6.81. The van der Waals surface area contributed by atoms with Gasteiger partial charge in [0.25, 0.3) is 0 Å². The SMILES string of the molecule is C=CCC[C@]12CCCCC[C@H]1CC(O)(C=C)O2. The highest BCUT2D eigenvalue weighted by atomic mass is 16.6. The van der Waals surface area contributed by atoms with E-state index < -0.39 is 5.79 Å². The van der Waals surface area contributed by atoms with Gasteiger partial charge in [0.1, 0.15) is 0 Å². The molecule has 0 aromatic heterocycles. The van der Waals surface area contributed by atoms with Crippen LogP contribution in [-0.4, -0.2) is 16.5 Å². The number of hydrogen-bond donors (Lipinski definition) is 1. The monoisotopic (exact) mass is 236 g/mol. The van der Waals surface area contributed by atoms with Gasteiger partial charge in [-0.15, -0.1) is 6.58 Å². The maximum Gasteiger partial charge on any atom is 0.185 e. The Morgan fingerprint density at radius 2 is 2.12 bits per heavy atom. The van der Waals surface area contributed by atoms with Gasteiger partial charge in [0.05, 0.1) is 5.60 Å². The molecule has 0 radical (unpaired) electrons. The molecule has 1 saturated heterocycles. The van der Waals surface area contributed by atoms with Crippen molar-refractivity contribution in [1.29, 1.82) is 0 Å². The summed E-state index contributed by atoms with van der Waals surface area (Å²) in [4.78, 5) is 0. The van der Waals surface area contributed by atoms with Crippen LogP contribution in [0.2, 0.25) is 0 Å². The van der Waals surface area contributed by atoms with Crippen molar-refractivity contribution in [3.63, 3.8) is 0 Å². The van der Waals surface area contributed by atoms with Crippen molar-refractivity contribution in [3.05, 3.63) is 25.3 Å². The summed E-state index contributed by atoms with van der Waals surface area (Å²) in [5, 5.41) is 10.3. The van der Waals surface area contributed by atoms with E-state index >= 15 is 0 Å². The largest absolute Gasteiger partial charge is 0.362 e. The molecule has 0 amide bonds. The number of fused-ring (bicyclic) bond motifs is 1. The first kappa shape index (κ1) is 12.8. The van der Waals surface area contributed by atoms with Crippen LogP contribution in [0.1, 0.15) is 51.4 Å². The molecule has 2 rings (SSSR count). The minimum Gasteiger partial charge on any atom is -0.362 e. The van der Waals surface area contributed by atoms with Gasteiger partial charge in [0, 0.05) is 6.42 Å². The van der Waals surface area contributed by atoms with E-state index in [4.69, 9.17) is 4.74 Å². The number of allylic oxidation sites excluding steroid dienone is 1. The molecule has 0 spiro atoms. The molecule has 1 aliphatic carbocycles. The molecule has 1 aliphatic heterocycles. The molecule has 96 valence electrons. The Balaban J connectivity index is 2.20. The maximum absolute atomic E-state index is 10.3. The molecule has 1 saturated carbocycles. The van der Waals surface area contributed by atoms with Crippen LogP contribution < -0.4 is 0 Å². The zero-order chi connectivity index (χ0) is 12.4. The molecule has 1 unspecified atom stereocenters. The van der Waals surface area contributed by atoms with Gasteiger partial charge in [-0.05, 0) is 37.7 Å². The predicted molar refractivity (Wildman–Crippen MR) is 69.6 cm³/mol. The van der Waals surface area contributed by atoms with Crippen molar-refractivity contribution in [1.82, 2.24) is 0 Å². The summed E-state index contributed by atoms with van der Waals surface area (Å²) in [5.74, 6) is -0.614. The van der Waals surface area contributed by atoms with Crippen LogP contribution in [0.5, 0.6) is 0 Å². The maximum atomic E-state index is 10.3. The van der Waals surface area contributed by atoms with Gasteiger partial charge in [-0.2, -0.15) is 0 Å². The molecule has 0 bridgehead atoms. The van der Waals surface area contributed by atoms with Crippen LogP contribution in [0.15, 0.2) is 25.3 Å². The van der Waals surface area contributed by atoms with Gasteiger partial charge < -0.3 is 9.84 Å². The Labute approximate surface area is 104 Å². The van der Waals surface area contributed by atoms with Crippen LogP contribution in [0.3, 0.4) is 0 Å². The quantitative estimate of drug-likeness (QED) is 0.756. The summed E-state index contributed by atoms with van der Waals surface area (Å²) in [5.41, 5.74) is -0.131. The zero-order valence-electron chi connectivity index (χ0n) is 10.7. The van der Waals surface area contributed by atoms with E-state index in [0.717, 1.165) is 19.3 Å². The van der Waals surface area contributed by atoms with E-state index in [1.807, 2.05) is 6.08 Å². The van der Waals surface area contributed by atoms with Crippen LogP contribution in [0.25, 0.3) is 0 Å². The number of ether oxygens (including phenoxy) is 1. The predicted octanol–water partition coefficient (Wildman–Crippen LogP) is 3.57. The summed E-state index contributed by atoms with van der Waals surface area (Å²) < 4.78 is 6.06. The minimum atomic E-state index is -1.09. The highest BCUT2D eigenvalue weighted by Crippen LogP contribution is 2.51. The summed E-state index contributed by atoms with van der Waals surface area (Å²) in [7, 11) is 0. The van der Waals surface area contributed by atoms with Gasteiger partial charge in [0.2, 0.25) is 0 Å². The lowest BCUT2D eigenvalue weighted by atomic mass is 9.79. The zero-order valence-corrected chi connectivity index (χ0v) is 10.7. The van der Waals surface area contributed by atoms with Gasteiger partial charge in [0.15, 0.2) is 5.79 Å².